The molecule has 0 aromatic heterocycles. The molecule has 3 atom stereocenters. The zero-order chi connectivity index (χ0) is 14.5. The average Bonchev–Trinajstić information content (AvgIpc) is 2.66. The van der Waals surface area contributed by atoms with Crippen molar-refractivity contribution in [3.05, 3.63) is 12.3 Å². The summed E-state index contributed by atoms with van der Waals surface area (Å²) in [5.41, 5.74) is 0. The Labute approximate surface area is 111 Å². The summed E-state index contributed by atoms with van der Waals surface area (Å²) in [6.07, 6.45) is 0.335. The molecule has 1 aliphatic heterocycles. The van der Waals surface area contributed by atoms with E-state index in [2.05, 4.69) is 5.32 Å². The Hall–Kier alpha value is -1.35. The van der Waals surface area contributed by atoms with Crippen LogP contribution >= 0.6 is 0 Å². The van der Waals surface area contributed by atoms with E-state index in [9.17, 15) is 20.1 Å². The van der Waals surface area contributed by atoms with Crippen LogP contribution in [-0.4, -0.2) is 57.8 Å². The van der Waals surface area contributed by atoms with Crippen LogP contribution in [0.25, 0.3) is 0 Å². The third kappa shape index (κ3) is 3.16. The summed E-state index contributed by atoms with van der Waals surface area (Å²) in [7, 11) is 0. The predicted octanol–water partition coefficient (Wildman–Crippen LogP) is -0.729. The van der Waals surface area contributed by atoms with Gasteiger partial charge in [0, 0.05) is 0 Å². The lowest BCUT2D eigenvalue weighted by molar-refractivity contribution is -0.317. The van der Waals surface area contributed by atoms with Crippen molar-refractivity contribution >= 4 is 6.03 Å². The molecule has 110 valence electrons. The number of aliphatic hydroxyl groups is 3. The number of hydrogen-bond donors (Lipinski definition) is 4. The molecule has 0 aliphatic carbocycles. The van der Waals surface area contributed by atoms with Crippen molar-refractivity contribution in [1.29, 1.82) is 0 Å². The van der Waals surface area contributed by atoms with Gasteiger partial charge in [0.25, 0.3) is 0 Å². The number of hydrogen-bond acceptors (Lipinski definition) is 6. The van der Waals surface area contributed by atoms with Gasteiger partial charge in [-0.1, -0.05) is 13.0 Å². The summed E-state index contributed by atoms with van der Waals surface area (Å²) in [5, 5.41) is 30.8. The second-order valence-corrected chi connectivity index (χ2v) is 3.98. The van der Waals surface area contributed by atoms with Crippen LogP contribution in [0.3, 0.4) is 0 Å². The van der Waals surface area contributed by atoms with Gasteiger partial charge in [-0.15, -0.1) is 0 Å². The fourth-order valence-electron chi connectivity index (χ4n) is 1.64. The second-order valence-electron chi connectivity index (χ2n) is 3.98. The fraction of sp³-hybridized carbons (Fsp3) is 0.727. The first-order chi connectivity index (χ1) is 9.02. The van der Waals surface area contributed by atoms with Crippen molar-refractivity contribution in [2.24, 2.45) is 0 Å². The maximum Gasteiger partial charge on any atom is 0.326 e. The molecule has 8 nitrogen and oxygen atoms in total. The number of carbonyl (C=O) groups is 1. The summed E-state index contributed by atoms with van der Waals surface area (Å²) < 4.78 is 10.6. The molecule has 1 saturated heterocycles. The molecule has 8 heteroatoms. The first-order valence-electron chi connectivity index (χ1n) is 6.02. The van der Waals surface area contributed by atoms with E-state index in [-0.39, 0.29) is 6.61 Å². The standard InChI is InChI=1S/C11H20N2O6/c1-3-5-18-11(7-14,19-6-4-2)13-9(16)8(15)12-10(13)17/h3,5,8-9,14-16H,4,6-7H2,1-2H3,(H,12,17). The van der Waals surface area contributed by atoms with Crippen molar-refractivity contribution in [2.75, 3.05) is 13.2 Å². The average molecular weight is 276 g/mol. The molecule has 3 unspecified atom stereocenters. The van der Waals surface area contributed by atoms with Crippen molar-refractivity contribution < 1.29 is 29.6 Å². The highest BCUT2D eigenvalue weighted by Crippen LogP contribution is 2.26. The number of allylic oxidation sites excluding steroid dienone is 1. The molecular formula is C11H20N2O6. The summed E-state index contributed by atoms with van der Waals surface area (Å²) in [5.74, 6) is -1.87. The van der Waals surface area contributed by atoms with Crippen LogP contribution in [0.5, 0.6) is 0 Å². The lowest BCUT2D eigenvalue weighted by Gasteiger charge is -2.39. The van der Waals surface area contributed by atoms with E-state index in [4.69, 9.17) is 9.47 Å². The van der Waals surface area contributed by atoms with Crippen molar-refractivity contribution in [3.8, 4) is 0 Å². The molecule has 1 rings (SSSR count). The number of urea groups is 1. The highest BCUT2D eigenvalue weighted by molar-refractivity contribution is 5.77. The van der Waals surface area contributed by atoms with Gasteiger partial charge in [-0.25, -0.2) is 9.69 Å². The van der Waals surface area contributed by atoms with E-state index >= 15 is 0 Å². The summed E-state index contributed by atoms with van der Waals surface area (Å²) in [6, 6.07) is -0.797. The Morgan fingerprint density at radius 2 is 2.21 bits per heavy atom. The second kappa shape index (κ2) is 6.71. The molecule has 1 heterocycles. The molecule has 0 radical (unpaired) electrons. The molecule has 0 aromatic carbocycles. The Morgan fingerprint density at radius 3 is 2.63 bits per heavy atom. The van der Waals surface area contributed by atoms with Crippen LogP contribution in [0.1, 0.15) is 20.3 Å². The highest BCUT2D eigenvalue weighted by Gasteiger charge is 2.52. The van der Waals surface area contributed by atoms with E-state index in [0.29, 0.717) is 6.42 Å². The number of aliphatic hydroxyl groups excluding tert-OH is 3. The van der Waals surface area contributed by atoms with Crippen LogP contribution in [-0.2, 0) is 9.47 Å². The van der Waals surface area contributed by atoms with E-state index < -0.39 is 31.0 Å². The first kappa shape index (κ1) is 15.7. The molecule has 0 spiro atoms. The van der Waals surface area contributed by atoms with Crippen molar-refractivity contribution in [3.63, 3.8) is 0 Å². The van der Waals surface area contributed by atoms with Crippen molar-refractivity contribution in [1.82, 2.24) is 10.2 Å². The molecule has 0 saturated carbocycles. The minimum absolute atomic E-state index is 0.199. The SMILES string of the molecule is CC=COC(CO)(OCCC)N1C(=O)NC(O)C1O. The first-order valence-corrected chi connectivity index (χ1v) is 6.02. The van der Waals surface area contributed by atoms with Gasteiger partial charge in [0.05, 0.1) is 12.9 Å². The minimum Gasteiger partial charge on any atom is -0.450 e. The third-order valence-electron chi connectivity index (χ3n) is 2.52. The number of amides is 2. The Morgan fingerprint density at radius 1 is 1.53 bits per heavy atom. The minimum atomic E-state index is -1.87. The molecule has 4 N–H and O–H groups in total. The molecule has 0 bridgehead atoms. The number of rotatable bonds is 7. The van der Waals surface area contributed by atoms with Gasteiger partial charge >= 0.3 is 11.9 Å². The van der Waals surface area contributed by atoms with E-state index in [0.717, 1.165) is 4.90 Å². The summed E-state index contributed by atoms with van der Waals surface area (Å²) in [4.78, 5) is 12.5. The van der Waals surface area contributed by atoms with Gasteiger partial charge in [-0.3, -0.25) is 0 Å². The largest absolute Gasteiger partial charge is 0.450 e. The third-order valence-corrected chi connectivity index (χ3v) is 2.52. The maximum absolute atomic E-state index is 11.7. The van der Waals surface area contributed by atoms with Crippen LogP contribution in [0, 0.1) is 0 Å². The van der Waals surface area contributed by atoms with Crippen LogP contribution in [0.15, 0.2) is 12.3 Å². The molecule has 2 amide bonds. The number of nitrogens with zero attached hydrogens (tertiary/aromatic N) is 1. The lowest BCUT2D eigenvalue weighted by Crippen LogP contribution is -2.59. The van der Waals surface area contributed by atoms with Gasteiger partial charge in [-0.2, -0.15) is 0 Å². The zero-order valence-corrected chi connectivity index (χ0v) is 10.9. The van der Waals surface area contributed by atoms with Crippen molar-refractivity contribution in [2.45, 2.75) is 38.6 Å². The maximum atomic E-state index is 11.7. The zero-order valence-electron chi connectivity index (χ0n) is 10.9. The van der Waals surface area contributed by atoms with Gasteiger partial charge < -0.3 is 30.1 Å². The smallest absolute Gasteiger partial charge is 0.326 e. The monoisotopic (exact) mass is 276 g/mol. The van der Waals surface area contributed by atoms with Crippen LogP contribution < -0.4 is 5.32 Å². The van der Waals surface area contributed by atoms with E-state index in [1.54, 1.807) is 6.92 Å². The molecule has 1 aliphatic rings. The molecule has 0 aromatic rings. The van der Waals surface area contributed by atoms with Crippen LogP contribution in [0.4, 0.5) is 4.79 Å². The van der Waals surface area contributed by atoms with E-state index in [1.807, 2.05) is 6.92 Å². The molecular weight excluding hydrogens is 256 g/mol. The van der Waals surface area contributed by atoms with Gasteiger partial charge in [0.2, 0.25) is 0 Å². The summed E-state index contributed by atoms with van der Waals surface area (Å²) >= 11 is 0. The Balaban J connectivity index is 3.02. The van der Waals surface area contributed by atoms with E-state index in [1.165, 1.54) is 12.3 Å². The number of nitrogens with one attached hydrogen (secondary N) is 1. The van der Waals surface area contributed by atoms with Gasteiger partial charge in [-0.05, 0) is 13.3 Å². The topological polar surface area (TPSA) is 111 Å². The molecule has 1 fully saturated rings. The number of carbonyl (C=O) groups excluding carboxylic acids is 1. The predicted molar refractivity (Wildman–Crippen MR) is 64.3 cm³/mol. The highest BCUT2D eigenvalue weighted by atomic mass is 16.7. The normalized spacial score (nSPS) is 26.6. The Kier molecular flexibility index (Phi) is 5.55. The van der Waals surface area contributed by atoms with Crippen LogP contribution in [0.2, 0.25) is 0 Å². The molecule has 19 heavy (non-hydrogen) atoms. The lowest BCUT2D eigenvalue weighted by atomic mass is 10.3. The quantitative estimate of drug-likeness (QED) is 0.360. The Bertz CT molecular complexity index is 337. The fourth-order valence-corrected chi connectivity index (χ4v) is 1.64. The van der Waals surface area contributed by atoms with Gasteiger partial charge in [0.1, 0.15) is 6.61 Å². The van der Waals surface area contributed by atoms with Gasteiger partial charge in [0.15, 0.2) is 12.5 Å². The summed E-state index contributed by atoms with van der Waals surface area (Å²) in [6.45, 7) is 3.02. The number of ether oxygens (including phenoxy) is 2.